The van der Waals surface area contributed by atoms with Crippen LogP contribution in [-0.2, 0) is 10.0 Å². The molecule has 5 nitrogen and oxygen atoms in total. The van der Waals surface area contributed by atoms with Crippen molar-refractivity contribution >= 4 is 27.3 Å². The Balaban J connectivity index is 3.25. The average Bonchev–Trinajstić information content (AvgIpc) is 2.48. The van der Waals surface area contributed by atoms with Crippen LogP contribution >= 0.6 is 11.3 Å². The summed E-state index contributed by atoms with van der Waals surface area (Å²) >= 11 is 0.942. The zero-order chi connectivity index (χ0) is 10.9. The molecule has 0 aliphatic rings. The maximum absolute atomic E-state index is 11.5. The molecule has 0 atom stereocenters. The number of nitrogens with two attached hydrogens (primary N) is 1. The summed E-state index contributed by atoms with van der Waals surface area (Å²) in [7, 11) is -0.701. The fourth-order valence-electron chi connectivity index (χ4n) is 0.915. The van der Waals surface area contributed by atoms with E-state index in [4.69, 9.17) is 5.14 Å². The first-order chi connectivity index (χ1) is 6.34. The summed E-state index contributed by atoms with van der Waals surface area (Å²) in [5.41, 5.74) is 0.127. The number of carbonyl (C=O) groups excluding carboxylic acids is 1. The number of hydrogen-bond acceptors (Lipinski definition) is 4. The van der Waals surface area contributed by atoms with Gasteiger partial charge in [-0.1, -0.05) is 0 Å². The van der Waals surface area contributed by atoms with Gasteiger partial charge in [0, 0.05) is 14.1 Å². The Labute approximate surface area is 86.2 Å². The Morgan fingerprint density at radius 1 is 1.50 bits per heavy atom. The Morgan fingerprint density at radius 2 is 2.07 bits per heavy atom. The van der Waals surface area contributed by atoms with Gasteiger partial charge in [-0.2, -0.15) is 0 Å². The molecule has 1 heterocycles. The van der Waals surface area contributed by atoms with Crippen LogP contribution in [0.25, 0.3) is 0 Å². The van der Waals surface area contributed by atoms with Crippen LogP contribution in [0.1, 0.15) is 10.4 Å². The predicted molar refractivity (Wildman–Crippen MR) is 53.7 cm³/mol. The standard InChI is InChI=1S/C7H10N2O3S2/c1-9(2)6(10)5-3-4-13-7(5)14(8,11)12/h3-4H,1-2H3,(H2,8,11,12). The SMILES string of the molecule is CN(C)C(=O)c1ccsc1S(N)(=O)=O. The highest BCUT2D eigenvalue weighted by molar-refractivity contribution is 7.91. The number of rotatable bonds is 2. The molecule has 0 saturated carbocycles. The molecule has 1 aromatic rings. The van der Waals surface area contributed by atoms with Crippen LogP contribution in [0.3, 0.4) is 0 Å². The normalized spacial score (nSPS) is 11.4. The number of hydrogen-bond donors (Lipinski definition) is 1. The van der Waals surface area contributed by atoms with E-state index < -0.39 is 10.0 Å². The molecule has 0 bridgehead atoms. The third kappa shape index (κ3) is 2.11. The maximum Gasteiger partial charge on any atom is 0.255 e. The van der Waals surface area contributed by atoms with Crippen LogP contribution in [0.5, 0.6) is 0 Å². The molecule has 0 aliphatic heterocycles. The quantitative estimate of drug-likeness (QED) is 0.788. The minimum atomic E-state index is -3.80. The van der Waals surface area contributed by atoms with Crippen LogP contribution in [-0.4, -0.2) is 33.3 Å². The van der Waals surface area contributed by atoms with E-state index in [1.165, 1.54) is 16.3 Å². The summed E-state index contributed by atoms with van der Waals surface area (Å²) in [5.74, 6) is -0.365. The van der Waals surface area contributed by atoms with Crippen molar-refractivity contribution in [2.45, 2.75) is 4.21 Å². The van der Waals surface area contributed by atoms with Crippen LogP contribution in [0.4, 0.5) is 0 Å². The fourth-order valence-corrected chi connectivity index (χ4v) is 2.69. The Bertz CT molecular complexity index is 447. The van der Waals surface area contributed by atoms with Gasteiger partial charge in [-0.15, -0.1) is 11.3 Å². The summed E-state index contributed by atoms with van der Waals surface area (Å²) in [6, 6.07) is 1.45. The zero-order valence-corrected chi connectivity index (χ0v) is 9.35. The van der Waals surface area contributed by atoms with Gasteiger partial charge in [0.25, 0.3) is 5.91 Å². The third-order valence-electron chi connectivity index (χ3n) is 1.52. The molecule has 1 aromatic heterocycles. The highest BCUT2D eigenvalue weighted by atomic mass is 32.2. The molecule has 0 fully saturated rings. The molecule has 1 amide bonds. The summed E-state index contributed by atoms with van der Waals surface area (Å²) in [5, 5.41) is 6.48. The summed E-state index contributed by atoms with van der Waals surface area (Å²) in [6.07, 6.45) is 0. The van der Waals surface area contributed by atoms with Gasteiger partial charge >= 0.3 is 0 Å². The van der Waals surface area contributed by atoms with Gasteiger partial charge in [-0.3, -0.25) is 4.79 Å². The smallest absolute Gasteiger partial charge is 0.255 e. The average molecular weight is 234 g/mol. The first-order valence-corrected chi connectivity index (χ1v) is 6.08. The molecular weight excluding hydrogens is 224 g/mol. The van der Waals surface area contributed by atoms with Gasteiger partial charge in [0.1, 0.15) is 4.21 Å². The summed E-state index contributed by atoms with van der Waals surface area (Å²) < 4.78 is 22.0. The molecule has 7 heteroatoms. The lowest BCUT2D eigenvalue weighted by Crippen LogP contribution is -2.24. The van der Waals surface area contributed by atoms with Gasteiger partial charge < -0.3 is 4.90 Å². The number of primary sulfonamides is 1. The lowest BCUT2D eigenvalue weighted by atomic mass is 10.3. The summed E-state index contributed by atoms with van der Waals surface area (Å²) in [6.45, 7) is 0. The molecule has 0 unspecified atom stereocenters. The van der Waals surface area contributed by atoms with Crippen molar-refractivity contribution in [2.75, 3.05) is 14.1 Å². The second-order valence-corrected chi connectivity index (χ2v) is 5.54. The minimum Gasteiger partial charge on any atom is -0.345 e. The Morgan fingerprint density at radius 3 is 2.50 bits per heavy atom. The second kappa shape index (κ2) is 3.68. The van der Waals surface area contributed by atoms with Crippen LogP contribution in [0.15, 0.2) is 15.7 Å². The lowest BCUT2D eigenvalue weighted by Gasteiger charge is -2.09. The van der Waals surface area contributed by atoms with Gasteiger partial charge in [0.2, 0.25) is 10.0 Å². The van der Waals surface area contributed by atoms with Gasteiger partial charge in [0.05, 0.1) is 5.56 Å². The monoisotopic (exact) mass is 234 g/mol. The van der Waals surface area contributed by atoms with Crippen molar-refractivity contribution in [3.8, 4) is 0 Å². The van der Waals surface area contributed by atoms with E-state index in [1.807, 2.05) is 0 Å². The first kappa shape index (κ1) is 11.2. The van der Waals surface area contributed by atoms with Crippen molar-refractivity contribution < 1.29 is 13.2 Å². The first-order valence-electron chi connectivity index (χ1n) is 3.66. The Hall–Kier alpha value is -0.920. The van der Waals surface area contributed by atoms with E-state index in [0.717, 1.165) is 11.3 Å². The van der Waals surface area contributed by atoms with Crippen molar-refractivity contribution in [1.82, 2.24) is 4.90 Å². The zero-order valence-electron chi connectivity index (χ0n) is 7.72. The van der Waals surface area contributed by atoms with E-state index in [1.54, 1.807) is 14.1 Å². The molecule has 0 spiro atoms. The molecule has 2 N–H and O–H groups in total. The molecule has 14 heavy (non-hydrogen) atoms. The van der Waals surface area contributed by atoms with Crippen LogP contribution in [0.2, 0.25) is 0 Å². The van der Waals surface area contributed by atoms with Gasteiger partial charge in [-0.05, 0) is 11.4 Å². The number of amides is 1. The topological polar surface area (TPSA) is 80.5 Å². The lowest BCUT2D eigenvalue weighted by molar-refractivity contribution is 0.0825. The molecule has 0 saturated heterocycles. The number of sulfonamides is 1. The number of carbonyl (C=O) groups is 1. The van der Waals surface area contributed by atoms with Gasteiger partial charge in [-0.25, -0.2) is 13.6 Å². The molecular formula is C7H10N2O3S2. The third-order valence-corrected chi connectivity index (χ3v) is 3.95. The predicted octanol–water partition coefficient (Wildman–Crippen LogP) is 0.0973. The highest BCUT2D eigenvalue weighted by Crippen LogP contribution is 2.21. The van der Waals surface area contributed by atoms with Crippen LogP contribution in [0, 0.1) is 0 Å². The molecule has 0 radical (unpaired) electrons. The fraction of sp³-hybridized carbons (Fsp3) is 0.286. The minimum absolute atomic E-state index is 0.0869. The molecule has 0 aliphatic carbocycles. The molecule has 78 valence electrons. The van der Waals surface area contributed by atoms with Crippen molar-refractivity contribution in [3.05, 3.63) is 17.0 Å². The maximum atomic E-state index is 11.5. The summed E-state index contributed by atoms with van der Waals surface area (Å²) in [4.78, 5) is 12.8. The Kier molecular flexibility index (Phi) is 2.93. The second-order valence-electron chi connectivity index (χ2n) is 2.87. The van der Waals surface area contributed by atoms with Crippen molar-refractivity contribution in [2.24, 2.45) is 5.14 Å². The molecule has 0 aromatic carbocycles. The van der Waals surface area contributed by atoms with Crippen molar-refractivity contribution in [3.63, 3.8) is 0 Å². The van der Waals surface area contributed by atoms with Crippen LogP contribution < -0.4 is 5.14 Å². The van der Waals surface area contributed by atoms with E-state index in [0.29, 0.717) is 0 Å². The highest BCUT2D eigenvalue weighted by Gasteiger charge is 2.21. The largest absolute Gasteiger partial charge is 0.345 e. The van der Waals surface area contributed by atoms with E-state index in [9.17, 15) is 13.2 Å². The van der Waals surface area contributed by atoms with Crippen molar-refractivity contribution in [1.29, 1.82) is 0 Å². The van der Waals surface area contributed by atoms with E-state index in [2.05, 4.69) is 0 Å². The van der Waals surface area contributed by atoms with Gasteiger partial charge in [0.15, 0.2) is 0 Å². The van der Waals surface area contributed by atoms with E-state index in [-0.39, 0.29) is 15.7 Å². The molecule has 1 rings (SSSR count). The van der Waals surface area contributed by atoms with E-state index >= 15 is 0 Å². The number of thiophene rings is 1. The number of nitrogens with zero attached hydrogens (tertiary/aromatic N) is 1.